The molecule has 1 N–H and O–H groups in total. The van der Waals surface area contributed by atoms with Crippen molar-refractivity contribution in [3.8, 4) is 11.5 Å². The molecule has 0 aromatic heterocycles. The first-order chi connectivity index (χ1) is 19.4. The van der Waals surface area contributed by atoms with Crippen molar-refractivity contribution in [2.45, 2.75) is 32.7 Å². The van der Waals surface area contributed by atoms with Gasteiger partial charge in [-0.3, -0.25) is 19.3 Å². The van der Waals surface area contributed by atoms with Gasteiger partial charge in [0.25, 0.3) is 0 Å². The third kappa shape index (κ3) is 4.23. The molecule has 40 heavy (non-hydrogen) atoms. The number of carbonyl (C=O) groups excluding carboxylic acids is 3. The minimum atomic E-state index is -0.921. The van der Waals surface area contributed by atoms with Crippen molar-refractivity contribution in [3.05, 3.63) is 102 Å². The van der Waals surface area contributed by atoms with E-state index in [-0.39, 0.29) is 47.8 Å². The molecule has 3 aromatic carbocycles. The van der Waals surface area contributed by atoms with Gasteiger partial charge in [0.05, 0.1) is 11.8 Å². The van der Waals surface area contributed by atoms with Gasteiger partial charge in [-0.05, 0) is 97.0 Å². The van der Waals surface area contributed by atoms with E-state index in [1.54, 1.807) is 24.3 Å². The van der Waals surface area contributed by atoms with Gasteiger partial charge in [0.15, 0.2) is 0 Å². The molecule has 3 aromatic rings. The molecular formula is C34H32N2O4. The van der Waals surface area contributed by atoms with Gasteiger partial charge in [-0.15, -0.1) is 0 Å². The molecule has 5 aliphatic rings. The number of anilines is 1. The Bertz CT molecular complexity index is 1470. The van der Waals surface area contributed by atoms with Crippen LogP contribution in [0.1, 0.15) is 23.1 Å². The van der Waals surface area contributed by atoms with Crippen LogP contribution >= 0.6 is 0 Å². The van der Waals surface area contributed by atoms with Crippen molar-refractivity contribution < 1.29 is 19.1 Å². The van der Waals surface area contributed by atoms with Gasteiger partial charge in [0.2, 0.25) is 17.7 Å². The highest BCUT2D eigenvalue weighted by molar-refractivity contribution is 6.10. The molecule has 2 saturated carbocycles. The third-order valence-corrected chi connectivity index (χ3v) is 9.14. The van der Waals surface area contributed by atoms with E-state index in [2.05, 4.69) is 23.5 Å². The average molecular weight is 533 g/mol. The zero-order valence-corrected chi connectivity index (χ0v) is 22.6. The molecule has 1 saturated heterocycles. The number of likely N-dealkylation sites (tertiary alicyclic amines) is 1. The monoisotopic (exact) mass is 532 g/mol. The number of imide groups is 1. The summed E-state index contributed by atoms with van der Waals surface area (Å²) in [4.78, 5) is 42.8. The second kappa shape index (κ2) is 9.47. The fraction of sp³-hybridized carbons (Fsp3) is 0.324. The van der Waals surface area contributed by atoms with Crippen LogP contribution in [0, 0.1) is 49.4 Å². The number of hydrogen-bond acceptors (Lipinski definition) is 4. The Morgan fingerprint density at radius 2 is 1.45 bits per heavy atom. The fourth-order valence-corrected chi connectivity index (χ4v) is 7.39. The Morgan fingerprint density at radius 1 is 0.850 bits per heavy atom. The number of nitrogens with one attached hydrogen (secondary N) is 1. The SMILES string of the molecule is Cc1cc(C)cc(Oc2ccc(NC(=O)[C@H](Cc3ccccc3)N3C(=O)[C@@H]4[C@@H]5C=C[C@H]([C@H]6C[C@@H]56)[C@@H]4C3=O)cc2)c1. The predicted molar refractivity (Wildman–Crippen MR) is 152 cm³/mol. The Labute approximate surface area is 234 Å². The number of hydrogen-bond donors (Lipinski definition) is 1. The van der Waals surface area contributed by atoms with E-state index in [1.807, 2.05) is 56.3 Å². The second-order valence-corrected chi connectivity index (χ2v) is 11.8. The van der Waals surface area contributed by atoms with Crippen LogP contribution in [0.3, 0.4) is 0 Å². The molecular weight excluding hydrogens is 500 g/mol. The molecule has 8 rings (SSSR count). The lowest BCUT2D eigenvalue weighted by molar-refractivity contribution is -0.146. The third-order valence-electron chi connectivity index (χ3n) is 9.14. The summed E-state index contributed by atoms with van der Waals surface area (Å²) in [7, 11) is 0. The van der Waals surface area contributed by atoms with Crippen LogP contribution in [0.4, 0.5) is 5.69 Å². The van der Waals surface area contributed by atoms with Crippen molar-refractivity contribution in [3.63, 3.8) is 0 Å². The molecule has 6 heteroatoms. The van der Waals surface area contributed by atoms with Crippen LogP contribution in [0.15, 0.2) is 84.9 Å². The largest absolute Gasteiger partial charge is 0.457 e. The van der Waals surface area contributed by atoms with E-state index < -0.39 is 6.04 Å². The lowest BCUT2D eigenvalue weighted by atomic mass is 9.63. The first kappa shape index (κ1) is 24.8. The number of benzene rings is 3. The summed E-state index contributed by atoms with van der Waals surface area (Å²) < 4.78 is 6.01. The molecule has 0 spiro atoms. The Kier molecular flexibility index (Phi) is 5.88. The predicted octanol–water partition coefficient (Wildman–Crippen LogP) is 5.70. The molecule has 3 amide bonds. The zero-order valence-electron chi connectivity index (χ0n) is 22.6. The zero-order chi connectivity index (χ0) is 27.5. The lowest BCUT2D eigenvalue weighted by Crippen LogP contribution is -2.49. The first-order valence-electron chi connectivity index (χ1n) is 14.1. The Morgan fingerprint density at radius 3 is 2.05 bits per heavy atom. The minimum Gasteiger partial charge on any atom is -0.457 e. The van der Waals surface area contributed by atoms with Crippen molar-refractivity contribution in [2.75, 3.05) is 5.32 Å². The summed E-state index contributed by atoms with van der Waals surface area (Å²) in [5.74, 6) is 1.26. The smallest absolute Gasteiger partial charge is 0.248 e. The number of aryl methyl sites for hydroxylation is 2. The van der Waals surface area contributed by atoms with Crippen molar-refractivity contribution in [2.24, 2.45) is 35.5 Å². The maximum Gasteiger partial charge on any atom is 0.248 e. The second-order valence-electron chi connectivity index (χ2n) is 11.8. The standard InChI is InChI=1S/C34H32N2O4/c1-19-14-20(2)16-24(15-19)40-23-10-8-22(9-11-23)35-32(37)29(17-21-6-4-3-5-7-21)36-33(38)30-25-12-13-26(28-18-27(25)28)31(30)34(36)39/h3-16,25-31H,17-18H2,1-2H3,(H,35,37)/t25-,26-,27-,28+,29+,30+,31-/m1/s1. The molecule has 7 atom stereocenters. The topological polar surface area (TPSA) is 75.7 Å². The fourth-order valence-electron chi connectivity index (χ4n) is 7.39. The number of amides is 3. The van der Waals surface area contributed by atoms with Gasteiger partial charge in [-0.25, -0.2) is 0 Å². The lowest BCUT2D eigenvalue weighted by Gasteiger charge is -2.37. The summed E-state index contributed by atoms with van der Waals surface area (Å²) >= 11 is 0. The van der Waals surface area contributed by atoms with E-state index in [1.165, 1.54) is 4.90 Å². The van der Waals surface area contributed by atoms with Crippen molar-refractivity contribution in [1.29, 1.82) is 0 Å². The average Bonchev–Trinajstić information content (AvgIpc) is 3.72. The normalized spacial score (nSPS) is 28.2. The van der Waals surface area contributed by atoms with Crippen LogP contribution in [-0.2, 0) is 20.8 Å². The molecule has 4 aliphatic carbocycles. The summed E-state index contributed by atoms with van der Waals surface area (Å²) in [5, 5.41) is 2.97. The van der Waals surface area contributed by atoms with Gasteiger partial charge in [0.1, 0.15) is 17.5 Å². The Hall–Kier alpha value is -4.19. The van der Waals surface area contributed by atoms with Crippen LogP contribution in [0.2, 0.25) is 0 Å². The van der Waals surface area contributed by atoms with E-state index in [9.17, 15) is 14.4 Å². The van der Waals surface area contributed by atoms with Crippen LogP contribution < -0.4 is 10.1 Å². The summed E-state index contributed by atoms with van der Waals surface area (Å²) in [6.07, 6.45) is 5.69. The van der Waals surface area contributed by atoms with Crippen LogP contribution in [0.5, 0.6) is 11.5 Å². The maximum atomic E-state index is 13.8. The van der Waals surface area contributed by atoms with E-state index in [0.29, 0.717) is 23.3 Å². The van der Waals surface area contributed by atoms with Gasteiger partial charge in [-0.1, -0.05) is 48.6 Å². The highest BCUT2D eigenvalue weighted by atomic mass is 16.5. The summed E-state index contributed by atoms with van der Waals surface area (Å²) in [6, 6.07) is 21.9. The molecule has 6 nitrogen and oxygen atoms in total. The molecule has 0 unspecified atom stereocenters. The highest BCUT2D eigenvalue weighted by Crippen LogP contribution is 2.65. The summed E-state index contributed by atoms with van der Waals surface area (Å²) in [6.45, 7) is 4.05. The first-order valence-corrected chi connectivity index (χ1v) is 14.1. The highest BCUT2D eigenvalue weighted by Gasteiger charge is 2.67. The molecule has 2 bridgehead atoms. The Balaban J connectivity index is 1.12. The molecule has 1 aliphatic heterocycles. The number of rotatable bonds is 7. The van der Waals surface area contributed by atoms with Gasteiger partial charge >= 0.3 is 0 Å². The number of nitrogens with zero attached hydrogens (tertiary/aromatic N) is 1. The molecule has 0 radical (unpaired) electrons. The van der Waals surface area contributed by atoms with E-state index in [0.717, 1.165) is 28.9 Å². The van der Waals surface area contributed by atoms with Gasteiger partial charge < -0.3 is 10.1 Å². The summed E-state index contributed by atoms with van der Waals surface area (Å²) in [5.41, 5.74) is 3.72. The van der Waals surface area contributed by atoms with Gasteiger partial charge in [-0.2, -0.15) is 0 Å². The molecule has 1 heterocycles. The quantitative estimate of drug-likeness (QED) is 0.313. The molecule has 202 valence electrons. The minimum absolute atomic E-state index is 0.117. The van der Waals surface area contributed by atoms with E-state index >= 15 is 0 Å². The number of allylic oxidation sites excluding steroid dienone is 2. The van der Waals surface area contributed by atoms with Crippen LogP contribution in [0.25, 0.3) is 0 Å². The molecule has 3 fully saturated rings. The van der Waals surface area contributed by atoms with Crippen molar-refractivity contribution in [1.82, 2.24) is 4.90 Å². The van der Waals surface area contributed by atoms with Crippen molar-refractivity contribution >= 4 is 23.4 Å². The number of ether oxygens (including phenoxy) is 1. The number of carbonyl (C=O) groups is 3. The van der Waals surface area contributed by atoms with E-state index in [4.69, 9.17) is 4.74 Å². The van der Waals surface area contributed by atoms with Crippen LogP contribution in [-0.4, -0.2) is 28.7 Å². The van der Waals surface area contributed by atoms with Gasteiger partial charge in [0, 0.05) is 12.1 Å². The maximum absolute atomic E-state index is 13.8.